The second-order valence-electron chi connectivity index (χ2n) is 3.32. The highest BCUT2D eigenvalue weighted by Crippen LogP contribution is 1.96. The van der Waals surface area contributed by atoms with Crippen molar-refractivity contribution >= 4 is 23.6 Å². The summed E-state index contributed by atoms with van der Waals surface area (Å²) in [6.07, 6.45) is 3.90. The van der Waals surface area contributed by atoms with E-state index in [1.54, 1.807) is 11.8 Å². The van der Waals surface area contributed by atoms with Gasteiger partial charge in [-0.15, -0.1) is 5.10 Å². The molecule has 0 aliphatic rings. The van der Waals surface area contributed by atoms with Crippen LogP contribution in [-0.4, -0.2) is 44.0 Å². The van der Waals surface area contributed by atoms with Gasteiger partial charge in [0.1, 0.15) is 12.2 Å². The molecule has 2 N–H and O–H groups in total. The second-order valence-corrected chi connectivity index (χ2v) is 4.31. The number of nitrogens with zero attached hydrogens (tertiary/aromatic N) is 3. The van der Waals surface area contributed by atoms with Crippen molar-refractivity contribution in [3.63, 3.8) is 0 Å². The lowest BCUT2D eigenvalue weighted by molar-refractivity contribution is -0.138. The molecule has 0 aliphatic heterocycles. The molecule has 17 heavy (non-hydrogen) atoms. The van der Waals surface area contributed by atoms with Gasteiger partial charge in [-0.25, -0.2) is 4.68 Å². The highest BCUT2D eigenvalue weighted by Gasteiger charge is 2.05. The van der Waals surface area contributed by atoms with E-state index in [2.05, 4.69) is 15.6 Å². The van der Waals surface area contributed by atoms with Crippen LogP contribution in [0.4, 0.5) is 0 Å². The molecule has 0 saturated carbocycles. The Morgan fingerprint density at radius 3 is 3.00 bits per heavy atom. The summed E-state index contributed by atoms with van der Waals surface area (Å²) in [5.41, 5.74) is 0.545. The molecule has 1 aromatic rings. The molecular formula is C9H14N4O3S. The van der Waals surface area contributed by atoms with E-state index in [1.807, 2.05) is 6.26 Å². The number of carbonyl (C=O) groups excluding carboxylic acids is 1. The van der Waals surface area contributed by atoms with Crippen LogP contribution in [0.5, 0.6) is 0 Å². The molecule has 0 fully saturated rings. The molecule has 0 unspecified atom stereocenters. The molecule has 0 saturated heterocycles. The number of carboxylic acid groups (broad SMARTS) is 1. The average molecular weight is 258 g/mol. The maximum Gasteiger partial charge on any atom is 0.325 e. The van der Waals surface area contributed by atoms with Gasteiger partial charge >= 0.3 is 5.97 Å². The normalized spacial score (nSPS) is 10.2. The molecule has 0 radical (unpaired) electrons. The number of nitrogens with one attached hydrogen (secondary N) is 1. The van der Waals surface area contributed by atoms with Gasteiger partial charge in [0, 0.05) is 12.2 Å². The van der Waals surface area contributed by atoms with Crippen molar-refractivity contribution in [2.75, 3.05) is 12.0 Å². The fourth-order valence-corrected chi connectivity index (χ4v) is 1.50. The minimum Gasteiger partial charge on any atom is -0.480 e. The van der Waals surface area contributed by atoms with Crippen LogP contribution in [0.2, 0.25) is 0 Å². The molecule has 0 bridgehead atoms. The van der Waals surface area contributed by atoms with Crippen molar-refractivity contribution in [3.8, 4) is 0 Å². The van der Waals surface area contributed by atoms with Gasteiger partial charge in [-0.2, -0.15) is 11.8 Å². The maximum atomic E-state index is 11.3. The van der Waals surface area contributed by atoms with Crippen LogP contribution in [-0.2, 0) is 22.7 Å². The van der Waals surface area contributed by atoms with E-state index in [4.69, 9.17) is 5.11 Å². The smallest absolute Gasteiger partial charge is 0.325 e. The lowest BCUT2D eigenvalue weighted by Gasteiger charge is -2.00. The van der Waals surface area contributed by atoms with Crippen LogP contribution in [0.15, 0.2) is 6.20 Å². The van der Waals surface area contributed by atoms with E-state index >= 15 is 0 Å². The first-order valence-electron chi connectivity index (χ1n) is 4.98. The number of rotatable bonds is 7. The summed E-state index contributed by atoms with van der Waals surface area (Å²) < 4.78 is 1.21. The van der Waals surface area contributed by atoms with Crippen molar-refractivity contribution < 1.29 is 14.7 Å². The zero-order chi connectivity index (χ0) is 12.7. The Labute approximate surface area is 103 Å². The molecule has 0 spiro atoms. The lowest BCUT2D eigenvalue weighted by Crippen LogP contribution is -2.23. The predicted molar refractivity (Wildman–Crippen MR) is 62.5 cm³/mol. The van der Waals surface area contributed by atoms with Crippen molar-refractivity contribution in [1.29, 1.82) is 0 Å². The summed E-state index contributed by atoms with van der Waals surface area (Å²) in [7, 11) is 0. The number of thioether (sulfide) groups is 1. The van der Waals surface area contributed by atoms with Gasteiger partial charge in [0.05, 0.1) is 12.7 Å². The molecular weight excluding hydrogens is 244 g/mol. The van der Waals surface area contributed by atoms with Crippen LogP contribution in [0.25, 0.3) is 0 Å². The molecule has 8 heteroatoms. The third-order valence-corrected chi connectivity index (χ3v) is 2.50. The molecule has 0 aliphatic carbocycles. The van der Waals surface area contributed by atoms with E-state index < -0.39 is 5.97 Å². The standard InChI is InChI=1S/C9H14N4O3S/c1-17-3-2-8(14)10-4-7-5-13(12-11-7)6-9(15)16/h5H,2-4,6H2,1H3,(H,10,14)(H,15,16). The van der Waals surface area contributed by atoms with Crippen molar-refractivity contribution in [1.82, 2.24) is 20.3 Å². The number of amides is 1. The fourth-order valence-electron chi connectivity index (χ4n) is 1.11. The number of carboxylic acids is 1. The molecule has 94 valence electrons. The number of hydrogen-bond acceptors (Lipinski definition) is 5. The van der Waals surface area contributed by atoms with Gasteiger partial charge < -0.3 is 10.4 Å². The lowest BCUT2D eigenvalue weighted by atomic mass is 10.4. The zero-order valence-electron chi connectivity index (χ0n) is 9.42. The summed E-state index contributed by atoms with van der Waals surface area (Å²) in [6.45, 7) is 0.0419. The van der Waals surface area contributed by atoms with Crippen LogP contribution in [0.1, 0.15) is 12.1 Å². The minimum absolute atomic E-state index is 0.0489. The highest BCUT2D eigenvalue weighted by atomic mass is 32.2. The average Bonchev–Trinajstić information content (AvgIpc) is 2.70. The SMILES string of the molecule is CSCCC(=O)NCc1cn(CC(=O)O)nn1. The Morgan fingerprint density at radius 1 is 1.59 bits per heavy atom. The van der Waals surface area contributed by atoms with Crippen molar-refractivity contribution in [3.05, 3.63) is 11.9 Å². The quantitative estimate of drug-likeness (QED) is 0.699. The van der Waals surface area contributed by atoms with E-state index in [-0.39, 0.29) is 19.0 Å². The fraction of sp³-hybridized carbons (Fsp3) is 0.556. The number of aliphatic carboxylic acids is 1. The van der Waals surface area contributed by atoms with Gasteiger partial charge in [-0.05, 0) is 6.26 Å². The van der Waals surface area contributed by atoms with E-state index in [0.717, 1.165) is 5.75 Å². The molecule has 0 aromatic carbocycles. The molecule has 0 atom stereocenters. The molecule has 1 heterocycles. The second kappa shape index (κ2) is 6.89. The summed E-state index contributed by atoms with van der Waals surface area (Å²) in [5, 5.41) is 18.6. The van der Waals surface area contributed by atoms with Gasteiger partial charge in [-0.3, -0.25) is 9.59 Å². The Balaban J connectivity index is 2.34. The first-order chi connectivity index (χ1) is 8.11. The third kappa shape index (κ3) is 5.34. The van der Waals surface area contributed by atoms with Gasteiger partial charge in [0.15, 0.2) is 0 Å². The monoisotopic (exact) mass is 258 g/mol. The Hall–Kier alpha value is -1.57. The van der Waals surface area contributed by atoms with Gasteiger partial charge in [0.2, 0.25) is 5.91 Å². The van der Waals surface area contributed by atoms with Crippen LogP contribution < -0.4 is 5.32 Å². The Bertz CT molecular complexity index is 393. The van der Waals surface area contributed by atoms with Crippen LogP contribution >= 0.6 is 11.8 Å². The summed E-state index contributed by atoms with van der Waals surface area (Å²) >= 11 is 1.60. The van der Waals surface area contributed by atoms with E-state index in [9.17, 15) is 9.59 Å². The summed E-state index contributed by atoms with van der Waals surface area (Å²) in [6, 6.07) is 0. The number of hydrogen-bond donors (Lipinski definition) is 2. The zero-order valence-corrected chi connectivity index (χ0v) is 10.2. The van der Waals surface area contributed by atoms with E-state index in [1.165, 1.54) is 10.9 Å². The Kier molecular flexibility index (Phi) is 5.47. The number of aromatic nitrogens is 3. The molecule has 1 aromatic heterocycles. The Morgan fingerprint density at radius 2 is 2.35 bits per heavy atom. The summed E-state index contributed by atoms with van der Waals surface area (Å²) in [5.74, 6) is -0.255. The van der Waals surface area contributed by atoms with Crippen molar-refractivity contribution in [2.45, 2.75) is 19.5 Å². The molecule has 1 amide bonds. The molecule has 7 nitrogen and oxygen atoms in total. The van der Waals surface area contributed by atoms with Gasteiger partial charge in [-0.1, -0.05) is 5.21 Å². The number of carbonyl (C=O) groups is 2. The molecule has 1 rings (SSSR count). The first kappa shape index (κ1) is 13.5. The third-order valence-electron chi connectivity index (χ3n) is 1.88. The highest BCUT2D eigenvalue weighted by molar-refractivity contribution is 7.98. The van der Waals surface area contributed by atoms with Crippen LogP contribution in [0, 0.1) is 0 Å². The summed E-state index contributed by atoms with van der Waals surface area (Å²) in [4.78, 5) is 21.7. The largest absolute Gasteiger partial charge is 0.480 e. The topological polar surface area (TPSA) is 97.1 Å². The predicted octanol–water partition coefficient (Wildman–Crippen LogP) is -0.268. The minimum atomic E-state index is -0.981. The van der Waals surface area contributed by atoms with E-state index in [0.29, 0.717) is 12.1 Å². The van der Waals surface area contributed by atoms with Gasteiger partial charge in [0.25, 0.3) is 0 Å². The maximum absolute atomic E-state index is 11.3. The van der Waals surface area contributed by atoms with Crippen molar-refractivity contribution in [2.24, 2.45) is 0 Å². The van der Waals surface area contributed by atoms with Crippen LogP contribution in [0.3, 0.4) is 0 Å². The first-order valence-corrected chi connectivity index (χ1v) is 6.37.